The average Bonchev–Trinajstić information content (AvgIpc) is 3.14. The zero-order valence-electron chi connectivity index (χ0n) is 21.2. The first-order valence-electron chi connectivity index (χ1n) is 14.0. The van der Waals surface area contributed by atoms with Crippen LogP contribution in [0, 0.1) is 0 Å². The highest BCUT2D eigenvalue weighted by molar-refractivity contribution is 4.97. The van der Waals surface area contributed by atoms with Gasteiger partial charge in [-0.05, 0) is 25.7 Å². The number of rotatable bonds is 22. The number of nitrogens with zero attached hydrogens (tertiary/aromatic N) is 2. The van der Waals surface area contributed by atoms with Crippen LogP contribution in [-0.4, -0.2) is 29.1 Å². The van der Waals surface area contributed by atoms with Gasteiger partial charge in [-0.3, -0.25) is 0 Å². The molecule has 30 heavy (non-hydrogen) atoms. The monoisotopic (exact) mass is 420 g/mol. The van der Waals surface area contributed by atoms with E-state index in [9.17, 15) is 0 Å². The lowest BCUT2D eigenvalue weighted by Gasteiger charge is -2.33. The van der Waals surface area contributed by atoms with Crippen LogP contribution in [0.3, 0.4) is 0 Å². The summed E-state index contributed by atoms with van der Waals surface area (Å²) in [7, 11) is 0. The third-order valence-corrected chi connectivity index (χ3v) is 6.82. The molecule has 1 unspecified atom stereocenters. The second kappa shape index (κ2) is 20.3. The lowest BCUT2D eigenvalue weighted by atomic mass is 10.1. The molecule has 1 rings (SSSR count). The minimum atomic E-state index is 0.645. The van der Waals surface area contributed by atoms with Crippen LogP contribution in [0.5, 0.6) is 0 Å². The van der Waals surface area contributed by atoms with E-state index in [2.05, 4.69) is 43.0 Å². The molecule has 1 atom stereocenters. The molecule has 1 aliphatic rings. The zero-order chi connectivity index (χ0) is 21.7. The molecule has 0 spiro atoms. The van der Waals surface area contributed by atoms with Crippen molar-refractivity contribution in [3.05, 3.63) is 12.4 Å². The normalized spacial score (nSPS) is 16.2. The molecule has 0 aromatic heterocycles. The predicted octanol–water partition coefficient (Wildman–Crippen LogP) is 9.26. The Morgan fingerprint density at radius 2 is 0.767 bits per heavy atom. The molecule has 0 fully saturated rings. The maximum absolute atomic E-state index is 2.67. The molecule has 1 aliphatic heterocycles. The van der Waals surface area contributed by atoms with Crippen molar-refractivity contribution in [1.82, 2.24) is 9.80 Å². The van der Waals surface area contributed by atoms with E-state index in [4.69, 9.17) is 0 Å². The number of unbranched alkanes of at least 4 members (excludes halogenated alkanes) is 16. The lowest BCUT2D eigenvalue weighted by Crippen LogP contribution is -2.39. The molecule has 0 amide bonds. The van der Waals surface area contributed by atoms with Gasteiger partial charge in [0.1, 0.15) is 6.17 Å². The molecular formula is C28H56N2. The second-order valence-electron chi connectivity index (χ2n) is 9.70. The first-order chi connectivity index (χ1) is 14.8. The van der Waals surface area contributed by atoms with Gasteiger partial charge in [-0.25, -0.2) is 0 Å². The van der Waals surface area contributed by atoms with Crippen molar-refractivity contribution >= 4 is 0 Å². The van der Waals surface area contributed by atoms with E-state index in [1.807, 2.05) is 0 Å². The molecule has 0 aliphatic carbocycles. The third kappa shape index (κ3) is 13.6. The molecular weight excluding hydrogens is 364 g/mol. The number of hydrogen-bond donors (Lipinski definition) is 0. The third-order valence-electron chi connectivity index (χ3n) is 6.82. The van der Waals surface area contributed by atoms with Crippen molar-refractivity contribution in [2.75, 3.05) is 13.1 Å². The fourth-order valence-corrected chi connectivity index (χ4v) is 4.77. The summed E-state index contributed by atoms with van der Waals surface area (Å²) < 4.78 is 0. The van der Waals surface area contributed by atoms with Crippen LogP contribution >= 0.6 is 0 Å². The lowest BCUT2D eigenvalue weighted by molar-refractivity contribution is 0.135. The van der Waals surface area contributed by atoms with Crippen molar-refractivity contribution < 1.29 is 0 Å². The zero-order valence-corrected chi connectivity index (χ0v) is 21.2. The van der Waals surface area contributed by atoms with Crippen LogP contribution in [-0.2, 0) is 0 Å². The van der Waals surface area contributed by atoms with E-state index in [0.29, 0.717) is 6.17 Å². The fraction of sp³-hybridized carbons (Fsp3) is 0.929. The van der Waals surface area contributed by atoms with E-state index in [-0.39, 0.29) is 0 Å². The predicted molar refractivity (Wildman–Crippen MR) is 136 cm³/mol. The summed E-state index contributed by atoms with van der Waals surface area (Å²) in [6, 6.07) is 0. The van der Waals surface area contributed by atoms with Crippen molar-refractivity contribution in [3.63, 3.8) is 0 Å². The van der Waals surface area contributed by atoms with E-state index < -0.39 is 0 Å². The van der Waals surface area contributed by atoms with Gasteiger partial charge < -0.3 is 9.80 Å². The van der Waals surface area contributed by atoms with Crippen molar-refractivity contribution in [2.24, 2.45) is 0 Å². The molecule has 1 heterocycles. The SMILES string of the molecule is CCCCCCCCCCC1N(CCCCCC)C=CN1CCCCCCCCC. The van der Waals surface area contributed by atoms with Gasteiger partial charge in [0.05, 0.1) is 0 Å². The summed E-state index contributed by atoms with van der Waals surface area (Å²) in [4.78, 5) is 5.34. The van der Waals surface area contributed by atoms with Gasteiger partial charge in [-0.1, -0.05) is 124 Å². The first-order valence-corrected chi connectivity index (χ1v) is 14.0. The maximum Gasteiger partial charge on any atom is 0.101 e. The van der Waals surface area contributed by atoms with Crippen molar-refractivity contribution in [1.29, 1.82) is 0 Å². The molecule has 0 N–H and O–H groups in total. The molecule has 0 bridgehead atoms. The highest BCUT2D eigenvalue weighted by Crippen LogP contribution is 2.23. The highest BCUT2D eigenvalue weighted by atomic mass is 15.4. The van der Waals surface area contributed by atoms with Crippen LogP contribution in [0.25, 0.3) is 0 Å². The Morgan fingerprint density at radius 3 is 1.20 bits per heavy atom. The van der Waals surface area contributed by atoms with Gasteiger partial charge in [0.25, 0.3) is 0 Å². The molecule has 178 valence electrons. The Morgan fingerprint density at radius 1 is 0.433 bits per heavy atom. The summed E-state index contributed by atoms with van der Waals surface area (Å²) >= 11 is 0. The Kier molecular flexibility index (Phi) is 18.5. The standard InChI is InChI=1S/C28H56N2/c1-4-7-10-13-15-16-18-20-23-28-29(24-21-12-9-6-3)26-27-30(28)25-22-19-17-14-11-8-5-2/h26-28H,4-25H2,1-3H3. The minimum absolute atomic E-state index is 0.645. The Hall–Kier alpha value is -0.660. The first kappa shape index (κ1) is 27.4. The van der Waals surface area contributed by atoms with Gasteiger partial charge in [0.2, 0.25) is 0 Å². The minimum Gasteiger partial charge on any atom is -0.356 e. The second-order valence-corrected chi connectivity index (χ2v) is 9.70. The molecule has 0 aromatic rings. The van der Waals surface area contributed by atoms with E-state index >= 15 is 0 Å². The van der Waals surface area contributed by atoms with Gasteiger partial charge in [0.15, 0.2) is 0 Å². The van der Waals surface area contributed by atoms with Gasteiger partial charge >= 0.3 is 0 Å². The van der Waals surface area contributed by atoms with Crippen LogP contribution in [0.15, 0.2) is 12.4 Å². The average molecular weight is 421 g/mol. The van der Waals surface area contributed by atoms with Crippen LogP contribution in [0.1, 0.15) is 149 Å². The number of hydrogen-bond acceptors (Lipinski definition) is 2. The van der Waals surface area contributed by atoms with Crippen LogP contribution in [0.4, 0.5) is 0 Å². The Bertz CT molecular complexity index is 379. The summed E-state index contributed by atoms with van der Waals surface area (Å²) in [5.74, 6) is 0. The molecule has 0 aromatic carbocycles. The van der Waals surface area contributed by atoms with Gasteiger partial charge in [-0.2, -0.15) is 0 Å². The van der Waals surface area contributed by atoms with Crippen LogP contribution in [0.2, 0.25) is 0 Å². The molecule has 0 radical (unpaired) electrons. The van der Waals surface area contributed by atoms with Gasteiger partial charge in [-0.15, -0.1) is 0 Å². The largest absolute Gasteiger partial charge is 0.356 e. The van der Waals surface area contributed by atoms with Crippen LogP contribution < -0.4 is 0 Å². The smallest absolute Gasteiger partial charge is 0.101 e. The summed E-state index contributed by atoms with van der Waals surface area (Å²) in [6.45, 7) is 9.44. The summed E-state index contributed by atoms with van der Waals surface area (Å²) in [6.07, 6.45) is 33.6. The fourth-order valence-electron chi connectivity index (χ4n) is 4.77. The Balaban J connectivity index is 2.27. The molecule has 2 nitrogen and oxygen atoms in total. The van der Waals surface area contributed by atoms with Crippen molar-refractivity contribution in [2.45, 2.75) is 155 Å². The maximum atomic E-state index is 2.67. The highest BCUT2D eigenvalue weighted by Gasteiger charge is 2.24. The molecule has 0 saturated heterocycles. The summed E-state index contributed by atoms with van der Waals surface area (Å²) in [5.41, 5.74) is 0. The van der Waals surface area contributed by atoms with E-state index in [0.717, 1.165) is 0 Å². The summed E-state index contributed by atoms with van der Waals surface area (Å²) in [5, 5.41) is 0. The Labute approximate surface area is 190 Å². The van der Waals surface area contributed by atoms with E-state index in [1.54, 1.807) is 0 Å². The topological polar surface area (TPSA) is 6.48 Å². The molecule has 0 saturated carbocycles. The molecule has 2 heteroatoms. The van der Waals surface area contributed by atoms with Crippen molar-refractivity contribution in [3.8, 4) is 0 Å². The quantitative estimate of drug-likeness (QED) is 0.161. The van der Waals surface area contributed by atoms with E-state index in [1.165, 1.54) is 142 Å². The van der Waals surface area contributed by atoms with Gasteiger partial charge in [0, 0.05) is 25.5 Å².